The van der Waals surface area contributed by atoms with Crippen LogP contribution in [0.25, 0.3) is 5.69 Å². The van der Waals surface area contributed by atoms with Gasteiger partial charge in [-0.15, -0.1) is 22.7 Å². The molecule has 6 nitrogen and oxygen atoms in total. The molecular weight excluding hydrogens is 418 g/mol. The molecule has 0 unspecified atom stereocenters. The Bertz CT molecular complexity index is 1140. The minimum absolute atomic E-state index is 0.0674. The van der Waals surface area contributed by atoms with Crippen molar-refractivity contribution in [3.63, 3.8) is 0 Å². The number of thiazole rings is 1. The van der Waals surface area contributed by atoms with Crippen molar-refractivity contribution in [1.29, 1.82) is 0 Å². The maximum absolute atomic E-state index is 12.5. The number of amides is 1. The summed E-state index contributed by atoms with van der Waals surface area (Å²) in [7, 11) is 0. The van der Waals surface area contributed by atoms with E-state index in [0.29, 0.717) is 15.6 Å². The molecule has 0 radical (unpaired) electrons. The highest BCUT2D eigenvalue weighted by molar-refractivity contribution is 7.12. The first-order valence-corrected chi connectivity index (χ1v) is 11.0. The molecule has 3 aromatic heterocycles. The van der Waals surface area contributed by atoms with Gasteiger partial charge in [-0.2, -0.15) is 0 Å². The minimum atomic E-state index is -0.389. The third-order valence-electron chi connectivity index (χ3n) is 4.31. The molecule has 3 heterocycles. The number of benzene rings is 1. The van der Waals surface area contributed by atoms with Crippen LogP contribution in [0.2, 0.25) is 0 Å². The van der Waals surface area contributed by atoms with Crippen molar-refractivity contribution in [2.75, 3.05) is 5.32 Å². The molecule has 0 atom stereocenters. The Kier molecular flexibility index (Phi) is 6.06. The molecule has 0 bridgehead atoms. The Morgan fingerprint density at radius 3 is 2.63 bits per heavy atom. The number of hydrogen-bond acceptors (Lipinski definition) is 6. The normalized spacial score (nSPS) is 10.7. The number of carbonyl (C=O) groups is 2. The highest BCUT2D eigenvalue weighted by atomic mass is 32.1. The number of anilines is 1. The Hall–Kier alpha value is -3.23. The lowest BCUT2D eigenvalue weighted by Crippen LogP contribution is -2.14. The van der Waals surface area contributed by atoms with E-state index in [4.69, 9.17) is 4.74 Å². The van der Waals surface area contributed by atoms with Gasteiger partial charge in [0.2, 0.25) is 5.91 Å². The fourth-order valence-electron chi connectivity index (χ4n) is 2.83. The van der Waals surface area contributed by atoms with Crippen LogP contribution in [0.1, 0.15) is 25.9 Å². The molecule has 4 aromatic rings. The van der Waals surface area contributed by atoms with Crippen LogP contribution in [0.4, 0.5) is 5.69 Å². The van der Waals surface area contributed by atoms with Gasteiger partial charge >= 0.3 is 5.97 Å². The van der Waals surface area contributed by atoms with Gasteiger partial charge in [-0.1, -0.05) is 17.7 Å². The van der Waals surface area contributed by atoms with E-state index in [1.54, 1.807) is 0 Å². The average molecular weight is 438 g/mol. The summed E-state index contributed by atoms with van der Waals surface area (Å²) in [5, 5.41) is 7.20. The lowest BCUT2D eigenvalue weighted by atomic mass is 10.2. The predicted octanol–water partition coefficient (Wildman–Crippen LogP) is 4.84. The van der Waals surface area contributed by atoms with E-state index in [1.807, 2.05) is 77.1 Å². The summed E-state index contributed by atoms with van der Waals surface area (Å²) in [6.45, 7) is 2.06. The maximum atomic E-state index is 12.5. The largest absolute Gasteiger partial charge is 0.455 e. The molecule has 1 N–H and O–H groups in total. The van der Waals surface area contributed by atoms with Gasteiger partial charge in [-0.25, -0.2) is 9.78 Å². The smallest absolute Gasteiger partial charge is 0.350 e. The molecule has 1 aromatic carbocycles. The second-order valence-corrected chi connectivity index (χ2v) is 8.48. The van der Waals surface area contributed by atoms with Gasteiger partial charge in [0.1, 0.15) is 16.5 Å². The zero-order valence-corrected chi connectivity index (χ0v) is 17.8. The van der Waals surface area contributed by atoms with Gasteiger partial charge in [0, 0.05) is 23.5 Å². The monoisotopic (exact) mass is 437 g/mol. The Morgan fingerprint density at radius 1 is 1.10 bits per heavy atom. The van der Waals surface area contributed by atoms with Gasteiger partial charge < -0.3 is 14.6 Å². The van der Waals surface area contributed by atoms with Crippen LogP contribution >= 0.6 is 22.7 Å². The Morgan fingerprint density at radius 2 is 1.87 bits per heavy atom. The SMILES string of the molecule is Cc1ccc(NC(=O)Cc2nc(COC(=O)c3sccc3-n3cccc3)cs2)cc1. The van der Waals surface area contributed by atoms with Crippen molar-refractivity contribution in [3.8, 4) is 5.69 Å². The van der Waals surface area contributed by atoms with Crippen LogP contribution in [0, 0.1) is 6.92 Å². The van der Waals surface area contributed by atoms with Crippen molar-refractivity contribution < 1.29 is 14.3 Å². The number of ether oxygens (including phenoxy) is 1. The summed E-state index contributed by atoms with van der Waals surface area (Å²) in [6.07, 6.45) is 3.94. The topological polar surface area (TPSA) is 73.2 Å². The van der Waals surface area contributed by atoms with Crippen LogP contribution in [0.3, 0.4) is 0 Å². The van der Waals surface area contributed by atoms with Crippen molar-refractivity contribution in [3.05, 3.63) is 86.8 Å². The molecule has 0 saturated heterocycles. The molecule has 152 valence electrons. The van der Waals surface area contributed by atoms with E-state index in [-0.39, 0.29) is 24.9 Å². The fraction of sp³-hybridized carbons (Fsp3) is 0.136. The number of esters is 1. The molecule has 0 spiro atoms. The number of carbonyl (C=O) groups excluding carboxylic acids is 2. The highest BCUT2D eigenvalue weighted by Gasteiger charge is 2.17. The van der Waals surface area contributed by atoms with Gasteiger partial charge in [0.05, 0.1) is 17.8 Å². The third kappa shape index (κ3) is 4.84. The first-order valence-electron chi connectivity index (χ1n) is 9.26. The summed E-state index contributed by atoms with van der Waals surface area (Å²) < 4.78 is 7.31. The first kappa shape index (κ1) is 20.1. The standard InChI is InChI=1S/C22H19N3O3S2/c1-15-4-6-16(7-5-15)23-19(26)12-20-24-17(14-30-20)13-28-22(27)21-18(8-11-29-21)25-9-2-3-10-25/h2-11,14H,12-13H2,1H3,(H,23,26). The molecule has 8 heteroatoms. The van der Waals surface area contributed by atoms with E-state index in [9.17, 15) is 9.59 Å². The first-order chi connectivity index (χ1) is 14.6. The van der Waals surface area contributed by atoms with Crippen molar-refractivity contribution in [1.82, 2.24) is 9.55 Å². The van der Waals surface area contributed by atoms with Crippen LogP contribution in [-0.4, -0.2) is 21.4 Å². The summed E-state index contributed by atoms with van der Waals surface area (Å²) >= 11 is 2.72. The van der Waals surface area contributed by atoms with Gasteiger partial charge in [-0.05, 0) is 42.6 Å². The average Bonchev–Trinajstić information content (AvgIpc) is 3.49. The summed E-state index contributed by atoms with van der Waals surface area (Å²) in [5.41, 5.74) is 3.31. The molecular formula is C22H19N3O3S2. The second kappa shape index (κ2) is 9.06. The summed E-state index contributed by atoms with van der Waals surface area (Å²) in [6, 6.07) is 13.3. The zero-order chi connectivity index (χ0) is 20.9. The second-order valence-electron chi connectivity index (χ2n) is 6.62. The van der Waals surface area contributed by atoms with Crippen molar-refractivity contribution in [2.45, 2.75) is 20.0 Å². The van der Waals surface area contributed by atoms with Crippen molar-refractivity contribution >= 4 is 40.2 Å². The lowest BCUT2D eigenvalue weighted by molar-refractivity contribution is -0.115. The van der Waals surface area contributed by atoms with Crippen LogP contribution in [-0.2, 0) is 22.6 Å². The Balaban J connectivity index is 1.32. The van der Waals surface area contributed by atoms with Gasteiger partial charge in [0.25, 0.3) is 0 Å². The number of nitrogens with zero attached hydrogens (tertiary/aromatic N) is 2. The Labute approximate surface area is 181 Å². The van der Waals surface area contributed by atoms with Crippen LogP contribution < -0.4 is 5.32 Å². The van der Waals surface area contributed by atoms with E-state index in [2.05, 4.69) is 10.3 Å². The lowest BCUT2D eigenvalue weighted by Gasteiger charge is -2.05. The van der Waals surface area contributed by atoms with E-state index in [0.717, 1.165) is 16.9 Å². The zero-order valence-electron chi connectivity index (χ0n) is 16.2. The third-order valence-corrected chi connectivity index (χ3v) is 6.09. The van der Waals surface area contributed by atoms with Gasteiger partial charge in [-0.3, -0.25) is 4.79 Å². The number of rotatable bonds is 7. The van der Waals surface area contributed by atoms with Crippen molar-refractivity contribution in [2.24, 2.45) is 0 Å². The summed E-state index contributed by atoms with van der Waals surface area (Å²) in [4.78, 5) is 29.7. The van der Waals surface area contributed by atoms with E-state index < -0.39 is 0 Å². The fourth-order valence-corrected chi connectivity index (χ4v) is 4.39. The number of aryl methyl sites for hydroxylation is 1. The molecule has 0 aliphatic rings. The molecule has 4 rings (SSSR count). The molecule has 0 aliphatic carbocycles. The number of nitrogens with one attached hydrogen (secondary N) is 1. The molecule has 1 amide bonds. The molecule has 0 saturated carbocycles. The van der Waals surface area contributed by atoms with E-state index in [1.165, 1.54) is 22.7 Å². The van der Waals surface area contributed by atoms with Crippen LogP contribution in [0.5, 0.6) is 0 Å². The number of aromatic nitrogens is 2. The number of hydrogen-bond donors (Lipinski definition) is 1. The molecule has 30 heavy (non-hydrogen) atoms. The molecule has 0 fully saturated rings. The predicted molar refractivity (Wildman–Crippen MR) is 118 cm³/mol. The highest BCUT2D eigenvalue weighted by Crippen LogP contribution is 2.23. The minimum Gasteiger partial charge on any atom is -0.455 e. The maximum Gasteiger partial charge on any atom is 0.350 e. The van der Waals surface area contributed by atoms with Crippen LogP contribution in [0.15, 0.2) is 65.6 Å². The quantitative estimate of drug-likeness (QED) is 0.420. The van der Waals surface area contributed by atoms with E-state index >= 15 is 0 Å². The van der Waals surface area contributed by atoms with Gasteiger partial charge in [0.15, 0.2) is 0 Å². The summed E-state index contributed by atoms with van der Waals surface area (Å²) in [5.74, 6) is -0.521. The number of thiophene rings is 1. The molecule has 0 aliphatic heterocycles.